The molecule has 1 aliphatic carbocycles. The summed E-state index contributed by atoms with van der Waals surface area (Å²) in [5, 5.41) is 19.0. The Morgan fingerprint density at radius 1 is 1.10 bits per heavy atom. The van der Waals surface area contributed by atoms with E-state index in [-0.39, 0.29) is 18.1 Å². The van der Waals surface area contributed by atoms with Crippen molar-refractivity contribution in [3.05, 3.63) is 54.1 Å². The molecule has 1 aliphatic rings. The van der Waals surface area contributed by atoms with Crippen LogP contribution >= 0.6 is 0 Å². The Balaban J connectivity index is 1.65. The molecular formula is C28H37NO2. The fourth-order valence-corrected chi connectivity index (χ4v) is 4.98. The van der Waals surface area contributed by atoms with Gasteiger partial charge in [0.1, 0.15) is 5.75 Å². The molecule has 0 aromatic heterocycles. The molecule has 1 saturated carbocycles. The van der Waals surface area contributed by atoms with E-state index in [1.807, 2.05) is 0 Å². The topological polar surface area (TPSA) is 53.2 Å². The number of hydrogen-bond acceptors (Lipinski definition) is 3. The van der Waals surface area contributed by atoms with Crippen LogP contribution in [0.15, 0.2) is 48.5 Å². The van der Waals surface area contributed by atoms with Crippen LogP contribution in [0, 0.1) is 16.7 Å². The zero-order valence-corrected chi connectivity index (χ0v) is 19.1. The van der Waals surface area contributed by atoms with Crippen LogP contribution in [0.4, 0.5) is 0 Å². The van der Waals surface area contributed by atoms with Gasteiger partial charge in [0.25, 0.3) is 0 Å². The normalized spacial score (nSPS) is 21.9. The van der Waals surface area contributed by atoms with E-state index < -0.39 is 0 Å². The first kappa shape index (κ1) is 23.4. The zero-order chi connectivity index (χ0) is 22.1. The number of nitrogens with zero attached hydrogens (tertiary/aromatic N) is 1. The van der Waals surface area contributed by atoms with Gasteiger partial charge in [0.15, 0.2) is 0 Å². The molecule has 3 atom stereocenters. The summed E-state index contributed by atoms with van der Waals surface area (Å²) in [6.45, 7) is 4.52. The fourth-order valence-electron chi connectivity index (χ4n) is 4.98. The standard InChI is InChI=1S/C28H37NO2/c1-3-7-22(2)31-27-15-13-24(14-16-27)23-9-11-25(12-10-23)26-8-6-18-28(20-26,21-29)17-4-5-19-30/h9-16,22,26,30H,3-8,17-20H2,1-2H3. The third-order valence-corrected chi connectivity index (χ3v) is 6.75. The van der Waals surface area contributed by atoms with E-state index in [4.69, 9.17) is 9.84 Å². The molecule has 2 aromatic rings. The zero-order valence-electron chi connectivity index (χ0n) is 19.1. The molecule has 3 heteroatoms. The van der Waals surface area contributed by atoms with Crippen molar-refractivity contribution in [2.45, 2.75) is 83.7 Å². The van der Waals surface area contributed by atoms with Crippen LogP contribution in [-0.4, -0.2) is 17.8 Å². The number of hydrogen-bond donors (Lipinski definition) is 1. The quantitative estimate of drug-likeness (QED) is 0.413. The van der Waals surface area contributed by atoms with Gasteiger partial charge in [-0.3, -0.25) is 0 Å². The second kappa shape index (κ2) is 11.3. The van der Waals surface area contributed by atoms with Crippen molar-refractivity contribution >= 4 is 0 Å². The van der Waals surface area contributed by atoms with Crippen molar-refractivity contribution in [1.82, 2.24) is 0 Å². The van der Waals surface area contributed by atoms with E-state index in [2.05, 4.69) is 68.4 Å². The predicted molar refractivity (Wildman–Crippen MR) is 127 cm³/mol. The second-order valence-corrected chi connectivity index (χ2v) is 9.23. The van der Waals surface area contributed by atoms with Crippen LogP contribution in [0.25, 0.3) is 11.1 Å². The molecule has 0 amide bonds. The van der Waals surface area contributed by atoms with E-state index in [9.17, 15) is 5.26 Å². The molecule has 0 radical (unpaired) electrons. The Kier molecular flexibility index (Phi) is 8.55. The molecule has 1 fully saturated rings. The van der Waals surface area contributed by atoms with Crippen molar-refractivity contribution in [3.63, 3.8) is 0 Å². The largest absolute Gasteiger partial charge is 0.491 e. The van der Waals surface area contributed by atoms with Crippen LogP contribution in [0.2, 0.25) is 0 Å². The van der Waals surface area contributed by atoms with Crippen molar-refractivity contribution in [3.8, 4) is 22.9 Å². The maximum atomic E-state index is 9.88. The lowest BCUT2D eigenvalue weighted by atomic mass is 9.66. The smallest absolute Gasteiger partial charge is 0.119 e. The highest BCUT2D eigenvalue weighted by Crippen LogP contribution is 2.46. The van der Waals surface area contributed by atoms with Gasteiger partial charge in [0.2, 0.25) is 0 Å². The Hall–Kier alpha value is -2.31. The van der Waals surface area contributed by atoms with Crippen molar-refractivity contribution < 1.29 is 9.84 Å². The van der Waals surface area contributed by atoms with Crippen LogP contribution in [-0.2, 0) is 0 Å². The predicted octanol–water partition coefficient (Wildman–Crippen LogP) is 7.25. The van der Waals surface area contributed by atoms with Gasteiger partial charge in [-0.2, -0.15) is 5.26 Å². The first-order chi connectivity index (χ1) is 15.1. The highest BCUT2D eigenvalue weighted by atomic mass is 16.5. The maximum absolute atomic E-state index is 9.88. The Morgan fingerprint density at radius 3 is 2.39 bits per heavy atom. The lowest BCUT2D eigenvalue weighted by molar-refractivity contribution is 0.208. The summed E-state index contributed by atoms with van der Waals surface area (Å²) in [6, 6.07) is 19.9. The van der Waals surface area contributed by atoms with Gasteiger partial charge in [-0.05, 0) is 86.6 Å². The minimum Gasteiger partial charge on any atom is -0.491 e. The summed E-state index contributed by atoms with van der Waals surface area (Å²) in [5.74, 6) is 1.38. The summed E-state index contributed by atoms with van der Waals surface area (Å²) in [4.78, 5) is 0. The summed E-state index contributed by atoms with van der Waals surface area (Å²) in [6.07, 6.45) is 9.28. The SMILES string of the molecule is CCCC(C)Oc1ccc(-c2ccc(C3CCCC(C#N)(CCCCO)C3)cc2)cc1. The average Bonchev–Trinajstić information content (AvgIpc) is 2.80. The molecule has 0 aliphatic heterocycles. The highest BCUT2D eigenvalue weighted by molar-refractivity contribution is 5.64. The third-order valence-electron chi connectivity index (χ3n) is 6.75. The van der Waals surface area contributed by atoms with Gasteiger partial charge >= 0.3 is 0 Å². The van der Waals surface area contributed by atoms with Gasteiger partial charge in [-0.25, -0.2) is 0 Å². The molecule has 0 spiro atoms. The van der Waals surface area contributed by atoms with Crippen molar-refractivity contribution in [2.24, 2.45) is 5.41 Å². The third kappa shape index (κ3) is 6.34. The van der Waals surface area contributed by atoms with Crippen LogP contribution < -0.4 is 4.74 Å². The molecular weight excluding hydrogens is 382 g/mol. The average molecular weight is 420 g/mol. The molecule has 3 nitrogen and oxygen atoms in total. The number of unbranched alkanes of at least 4 members (excludes halogenated alkanes) is 1. The lowest BCUT2D eigenvalue weighted by Crippen LogP contribution is -2.26. The van der Waals surface area contributed by atoms with E-state index in [0.717, 1.165) is 63.5 Å². The number of aliphatic hydroxyl groups is 1. The van der Waals surface area contributed by atoms with Crippen LogP contribution in [0.3, 0.4) is 0 Å². The molecule has 2 aromatic carbocycles. The molecule has 1 N–H and O–H groups in total. The van der Waals surface area contributed by atoms with Crippen LogP contribution in [0.1, 0.15) is 83.1 Å². The Labute approximate surface area is 188 Å². The minimum absolute atomic E-state index is 0.220. The van der Waals surface area contributed by atoms with E-state index in [1.54, 1.807) is 0 Å². The summed E-state index contributed by atoms with van der Waals surface area (Å²) >= 11 is 0. The Bertz CT molecular complexity index is 837. The van der Waals surface area contributed by atoms with E-state index in [1.165, 1.54) is 16.7 Å². The molecule has 3 rings (SSSR count). The van der Waals surface area contributed by atoms with E-state index in [0.29, 0.717) is 5.92 Å². The highest BCUT2D eigenvalue weighted by Gasteiger charge is 2.36. The van der Waals surface area contributed by atoms with Gasteiger partial charge in [0.05, 0.1) is 17.6 Å². The monoisotopic (exact) mass is 419 g/mol. The van der Waals surface area contributed by atoms with Gasteiger partial charge in [-0.1, -0.05) is 56.2 Å². The maximum Gasteiger partial charge on any atom is 0.119 e. The van der Waals surface area contributed by atoms with E-state index >= 15 is 0 Å². The van der Waals surface area contributed by atoms with Crippen LogP contribution in [0.5, 0.6) is 5.75 Å². The lowest BCUT2D eigenvalue weighted by Gasteiger charge is -2.36. The van der Waals surface area contributed by atoms with Gasteiger partial charge in [-0.15, -0.1) is 0 Å². The van der Waals surface area contributed by atoms with Gasteiger partial charge in [0, 0.05) is 6.61 Å². The summed E-state index contributed by atoms with van der Waals surface area (Å²) in [7, 11) is 0. The molecule has 31 heavy (non-hydrogen) atoms. The molecule has 0 heterocycles. The summed E-state index contributed by atoms with van der Waals surface area (Å²) in [5.41, 5.74) is 3.53. The first-order valence-electron chi connectivity index (χ1n) is 12.0. The fraction of sp³-hybridized carbons (Fsp3) is 0.536. The Morgan fingerprint density at radius 2 is 1.77 bits per heavy atom. The van der Waals surface area contributed by atoms with Crippen molar-refractivity contribution in [2.75, 3.05) is 6.61 Å². The second-order valence-electron chi connectivity index (χ2n) is 9.23. The molecule has 3 unspecified atom stereocenters. The minimum atomic E-state index is -0.221. The number of rotatable bonds is 10. The number of ether oxygens (including phenoxy) is 1. The number of aliphatic hydroxyl groups excluding tert-OH is 1. The van der Waals surface area contributed by atoms with Gasteiger partial charge < -0.3 is 9.84 Å². The number of nitriles is 1. The molecule has 166 valence electrons. The molecule has 0 bridgehead atoms. The summed E-state index contributed by atoms with van der Waals surface area (Å²) < 4.78 is 5.97. The number of benzene rings is 2. The first-order valence-corrected chi connectivity index (χ1v) is 12.0. The van der Waals surface area contributed by atoms with Crippen molar-refractivity contribution in [1.29, 1.82) is 5.26 Å². The molecule has 0 saturated heterocycles.